The number of ether oxygens (including phenoxy) is 2. The van der Waals surface area contributed by atoms with Gasteiger partial charge in [0.2, 0.25) is 0 Å². The number of nitrogens with zero attached hydrogens (tertiary/aromatic N) is 4. The zero-order valence-electron chi connectivity index (χ0n) is 59.6. The highest BCUT2D eigenvalue weighted by Crippen LogP contribution is 2.65. The van der Waals surface area contributed by atoms with Crippen LogP contribution >= 0.6 is 0 Å². The van der Waals surface area contributed by atoms with Crippen molar-refractivity contribution in [2.75, 3.05) is 0 Å². The molecule has 0 radical (unpaired) electrons. The van der Waals surface area contributed by atoms with Gasteiger partial charge in [-0.2, -0.15) is 0 Å². The van der Waals surface area contributed by atoms with E-state index in [9.17, 15) is 0 Å². The fourth-order valence-electron chi connectivity index (χ4n) is 18.1. The van der Waals surface area contributed by atoms with Crippen molar-refractivity contribution in [1.29, 1.82) is 0 Å². The molecule has 0 bridgehead atoms. The number of benzene rings is 16. The first-order valence-corrected chi connectivity index (χ1v) is 37.5. The standard InChI is InChI=1S/C104H64N4O2/c1-4-24-69(25-5-1)93-64-95(108-102(106-93)72-28-8-3-9-29-72)100-78-32-11-10-23-68(78)51-55-79(100)76-54-58-98-91(61-76)104(86-39-18-14-35-82(86)83-36-15-19-40-87(83)104)89-56-52-75(62-99(89)110-98)73-30-22-31-77(59-73)94-63-92(105-101(107-94)71-26-6-2-7-27-71)70-49-47-66(48-50-70)65-43-45-67(46-44-65)74-53-57-97-90(60-74)103(88-41-20-21-42-96(88)109-97)84-37-16-12-33-80(84)81-34-13-17-38-85(81)103/h1-64H. The van der Waals surface area contributed by atoms with Gasteiger partial charge in [0.15, 0.2) is 11.6 Å². The van der Waals surface area contributed by atoms with E-state index in [0.29, 0.717) is 11.6 Å². The van der Waals surface area contributed by atoms with Gasteiger partial charge in [0.05, 0.1) is 33.6 Å². The highest BCUT2D eigenvalue weighted by Gasteiger charge is 2.53. The van der Waals surface area contributed by atoms with Crippen LogP contribution in [-0.4, -0.2) is 19.9 Å². The van der Waals surface area contributed by atoms with Crippen LogP contribution in [0.5, 0.6) is 23.0 Å². The summed E-state index contributed by atoms with van der Waals surface area (Å²) in [7, 11) is 0. The van der Waals surface area contributed by atoms with Crippen molar-refractivity contribution >= 4 is 10.8 Å². The normalized spacial score (nSPS) is 13.2. The largest absolute Gasteiger partial charge is 0.457 e. The van der Waals surface area contributed by atoms with E-state index in [1.165, 1.54) is 44.5 Å². The molecule has 2 aliphatic heterocycles. The van der Waals surface area contributed by atoms with Crippen LogP contribution in [0.15, 0.2) is 388 Å². The van der Waals surface area contributed by atoms with Crippen molar-refractivity contribution < 1.29 is 9.47 Å². The molecule has 0 saturated carbocycles. The Labute approximate surface area is 637 Å². The van der Waals surface area contributed by atoms with Crippen LogP contribution < -0.4 is 9.47 Å². The summed E-state index contributed by atoms with van der Waals surface area (Å²) in [6.45, 7) is 0. The van der Waals surface area contributed by atoms with Crippen LogP contribution in [0.25, 0.3) is 145 Å². The first kappa shape index (κ1) is 62.9. The molecule has 0 saturated heterocycles. The van der Waals surface area contributed by atoms with E-state index in [1.54, 1.807) is 0 Å². The Hall–Kier alpha value is -14.5. The number of hydrogen-bond acceptors (Lipinski definition) is 6. The second kappa shape index (κ2) is 25.1. The smallest absolute Gasteiger partial charge is 0.160 e. The van der Waals surface area contributed by atoms with Crippen LogP contribution in [0.2, 0.25) is 0 Å². The SMILES string of the molecule is c1ccc(-c2cc(-c3c(-c4ccc5c(c4)C4(c6ccc(-c7cccc(-c8cc(-c9ccc(-c%10ccc(-c%11ccc%12c(c%11)C%11(c%13ccccc%13O%12)c%12ccccc%12-c%12ccccc%12%11)cc%10)cc9)nc(-c9ccccc9)n8)c7)cc6O5)c5ccccc5-c5ccccc54)ccc4ccccc34)nc(-c3ccccc3)n2)cc1. The molecule has 4 heterocycles. The van der Waals surface area contributed by atoms with E-state index in [1.807, 2.05) is 42.5 Å². The van der Waals surface area contributed by atoms with Crippen molar-refractivity contribution in [3.8, 4) is 158 Å². The van der Waals surface area contributed by atoms with E-state index in [0.717, 1.165) is 157 Å². The van der Waals surface area contributed by atoms with E-state index in [2.05, 4.69) is 346 Å². The monoisotopic (exact) mass is 1400 g/mol. The molecule has 22 rings (SSSR count). The molecule has 16 aromatic carbocycles. The Kier molecular flexibility index (Phi) is 14.3. The van der Waals surface area contributed by atoms with Gasteiger partial charge in [-0.05, 0) is 154 Å². The minimum Gasteiger partial charge on any atom is -0.457 e. The zero-order chi connectivity index (χ0) is 72.4. The predicted octanol–water partition coefficient (Wildman–Crippen LogP) is 26.0. The van der Waals surface area contributed by atoms with E-state index in [-0.39, 0.29) is 0 Å². The summed E-state index contributed by atoms with van der Waals surface area (Å²) in [6, 6.07) is 139. The van der Waals surface area contributed by atoms with Gasteiger partial charge >= 0.3 is 0 Å². The average Bonchev–Trinajstić information content (AvgIpc) is 1.51. The first-order valence-electron chi connectivity index (χ1n) is 37.5. The quantitative estimate of drug-likeness (QED) is 0.136. The fraction of sp³-hybridized carbons (Fsp3) is 0.0192. The third-order valence-corrected chi connectivity index (χ3v) is 23.1. The topological polar surface area (TPSA) is 70.0 Å². The van der Waals surface area contributed by atoms with Gasteiger partial charge in [-0.25, -0.2) is 19.9 Å². The second-order valence-corrected chi connectivity index (χ2v) is 29.0. The van der Waals surface area contributed by atoms with E-state index >= 15 is 0 Å². The maximum Gasteiger partial charge on any atom is 0.160 e. The molecule has 512 valence electrons. The second-order valence-electron chi connectivity index (χ2n) is 29.0. The lowest BCUT2D eigenvalue weighted by Crippen LogP contribution is -2.32. The summed E-state index contributed by atoms with van der Waals surface area (Å²) in [5.74, 6) is 4.69. The number of aromatic nitrogens is 4. The zero-order valence-corrected chi connectivity index (χ0v) is 59.6. The number of hydrogen-bond donors (Lipinski definition) is 0. The lowest BCUT2D eigenvalue weighted by atomic mass is 9.65. The van der Waals surface area contributed by atoms with Crippen molar-refractivity contribution in [1.82, 2.24) is 19.9 Å². The van der Waals surface area contributed by atoms with Crippen molar-refractivity contribution in [3.05, 3.63) is 433 Å². The van der Waals surface area contributed by atoms with Gasteiger partial charge in [-0.15, -0.1) is 0 Å². The van der Waals surface area contributed by atoms with Crippen molar-refractivity contribution in [2.24, 2.45) is 0 Å². The Balaban J connectivity index is 0.609. The van der Waals surface area contributed by atoms with Crippen molar-refractivity contribution in [3.63, 3.8) is 0 Å². The Morgan fingerprint density at radius 3 is 1.13 bits per heavy atom. The van der Waals surface area contributed by atoms with Crippen molar-refractivity contribution in [2.45, 2.75) is 10.8 Å². The molecule has 0 unspecified atom stereocenters. The lowest BCUT2D eigenvalue weighted by Gasteiger charge is -2.40. The van der Waals surface area contributed by atoms with Gasteiger partial charge in [0.1, 0.15) is 23.0 Å². The third-order valence-electron chi connectivity index (χ3n) is 23.1. The summed E-state index contributed by atoms with van der Waals surface area (Å²) in [5, 5.41) is 2.23. The van der Waals surface area contributed by atoms with Crippen LogP contribution in [0.1, 0.15) is 44.5 Å². The highest BCUT2D eigenvalue weighted by molar-refractivity contribution is 6.05. The summed E-state index contributed by atoms with van der Waals surface area (Å²) in [5.41, 5.74) is 31.0. The molecule has 4 aliphatic rings. The first-order chi connectivity index (χ1) is 54.5. The van der Waals surface area contributed by atoms with Crippen LogP contribution in [0.4, 0.5) is 0 Å². The lowest BCUT2D eigenvalue weighted by molar-refractivity contribution is 0.436. The minimum absolute atomic E-state index is 0.533. The molecule has 0 N–H and O–H groups in total. The Morgan fingerprint density at radius 1 is 0.182 bits per heavy atom. The number of fused-ring (bicyclic) bond motifs is 19. The minimum atomic E-state index is -0.747. The predicted molar refractivity (Wildman–Crippen MR) is 444 cm³/mol. The molecule has 6 nitrogen and oxygen atoms in total. The third kappa shape index (κ3) is 9.82. The van der Waals surface area contributed by atoms with Gasteiger partial charge < -0.3 is 9.47 Å². The highest BCUT2D eigenvalue weighted by atomic mass is 16.5. The molecule has 18 aromatic rings. The molecular formula is C104H64N4O2. The fourth-order valence-corrected chi connectivity index (χ4v) is 18.1. The molecular weight excluding hydrogens is 1340 g/mol. The van der Waals surface area contributed by atoms with Crippen LogP contribution in [0, 0.1) is 0 Å². The number of para-hydroxylation sites is 1. The summed E-state index contributed by atoms with van der Waals surface area (Å²) in [4.78, 5) is 21.3. The molecule has 2 aromatic heterocycles. The van der Waals surface area contributed by atoms with E-state index < -0.39 is 10.8 Å². The number of rotatable bonds is 10. The average molecular weight is 1400 g/mol. The molecule has 0 atom stereocenters. The maximum atomic E-state index is 7.38. The van der Waals surface area contributed by atoms with Gasteiger partial charge in [0, 0.05) is 55.6 Å². The van der Waals surface area contributed by atoms with E-state index in [4.69, 9.17) is 29.4 Å². The maximum absolute atomic E-state index is 7.38. The molecule has 0 fully saturated rings. The summed E-state index contributed by atoms with van der Waals surface area (Å²) < 4.78 is 14.1. The van der Waals surface area contributed by atoms with Crippen LogP contribution in [-0.2, 0) is 10.8 Å². The summed E-state index contributed by atoms with van der Waals surface area (Å²) >= 11 is 0. The Morgan fingerprint density at radius 2 is 0.545 bits per heavy atom. The van der Waals surface area contributed by atoms with Gasteiger partial charge in [-0.1, -0.05) is 334 Å². The molecule has 2 spiro atoms. The summed E-state index contributed by atoms with van der Waals surface area (Å²) in [6.07, 6.45) is 0. The van der Waals surface area contributed by atoms with Gasteiger partial charge in [-0.3, -0.25) is 0 Å². The molecule has 6 heteroatoms. The molecule has 2 aliphatic carbocycles. The van der Waals surface area contributed by atoms with Gasteiger partial charge in [0.25, 0.3) is 0 Å². The molecule has 0 amide bonds. The van der Waals surface area contributed by atoms with Crippen LogP contribution in [0.3, 0.4) is 0 Å². The Bertz CT molecular complexity index is 6620. The molecule has 110 heavy (non-hydrogen) atoms.